The maximum Gasteiger partial charge on any atom is 0.405 e. The summed E-state index contributed by atoms with van der Waals surface area (Å²) >= 11 is 0. The highest BCUT2D eigenvalue weighted by molar-refractivity contribution is 5.84. The Morgan fingerprint density at radius 2 is 1.64 bits per heavy atom. The molecule has 3 aromatic carbocycles. The van der Waals surface area contributed by atoms with Crippen molar-refractivity contribution < 1.29 is 9.90 Å². The van der Waals surface area contributed by atoms with Gasteiger partial charge in [-0.2, -0.15) is 0 Å². The minimum Gasteiger partial charge on any atom is -0.465 e. The van der Waals surface area contributed by atoms with Crippen LogP contribution in [0.2, 0.25) is 0 Å². The first-order valence-corrected chi connectivity index (χ1v) is 10.9. The normalized spacial score (nSPS) is 13.0. The number of aromatic amines is 2. The van der Waals surface area contributed by atoms with E-state index in [4.69, 9.17) is 0 Å². The van der Waals surface area contributed by atoms with Crippen molar-refractivity contribution in [3.63, 3.8) is 0 Å². The number of aromatic nitrogens is 3. The molecular formula is C27H24N4O2. The molecule has 5 rings (SSSR count). The maximum atomic E-state index is 11.9. The molecule has 0 aliphatic heterocycles. The van der Waals surface area contributed by atoms with Crippen molar-refractivity contribution in [2.75, 3.05) is 0 Å². The van der Waals surface area contributed by atoms with Crippen LogP contribution in [-0.2, 0) is 6.42 Å². The SMILES string of the molecule is O=C(O)N[C@@H](c1ncc(-c2ccccc2)[nH]1)C(Cc1ccccc1)c1c[nH]c2ccccc12. The molecule has 0 spiro atoms. The quantitative estimate of drug-likeness (QED) is 0.256. The molecule has 0 aliphatic carbocycles. The molecule has 0 bridgehead atoms. The van der Waals surface area contributed by atoms with E-state index in [1.54, 1.807) is 6.20 Å². The molecule has 1 unspecified atom stereocenters. The minimum absolute atomic E-state index is 0.186. The number of H-pyrrole nitrogens is 2. The Bertz CT molecular complexity index is 1360. The number of hydrogen-bond donors (Lipinski definition) is 4. The minimum atomic E-state index is -1.09. The molecule has 0 aliphatic rings. The highest BCUT2D eigenvalue weighted by atomic mass is 16.4. The van der Waals surface area contributed by atoms with Crippen LogP contribution in [0, 0.1) is 0 Å². The molecule has 2 atom stereocenters. The summed E-state index contributed by atoms with van der Waals surface area (Å²) in [6, 6.07) is 27.5. The highest BCUT2D eigenvalue weighted by Crippen LogP contribution is 2.37. The van der Waals surface area contributed by atoms with Gasteiger partial charge in [0.1, 0.15) is 5.82 Å². The molecule has 1 amide bonds. The molecule has 6 nitrogen and oxygen atoms in total. The second-order valence-electron chi connectivity index (χ2n) is 8.06. The molecule has 0 saturated heterocycles. The predicted molar refractivity (Wildman–Crippen MR) is 129 cm³/mol. The Balaban J connectivity index is 1.61. The van der Waals surface area contributed by atoms with Crippen LogP contribution in [0.15, 0.2) is 97.3 Å². The van der Waals surface area contributed by atoms with Gasteiger partial charge in [0.05, 0.1) is 17.9 Å². The monoisotopic (exact) mass is 436 g/mol. The van der Waals surface area contributed by atoms with Crippen LogP contribution in [0.5, 0.6) is 0 Å². The van der Waals surface area contributed by atoms with Crippen molar-refractivity contribution in [2.24, 2.45) is 0 Å². The Kier molecular flexibility index (Phi) is 5.64. The number of carbonyl (C=O) groups is 1. The Labute approximate surface area is 191 Å². The average molecular weight is 437 g/mol. The number of imidazole rings is 1. The van der Waals surface area contributed by atoms with Crippen LogP contribution in [0.4, 0.5) is 4.79 Å². The first-order valence-electron chi connectivity index (χ1n) is 10.9. The zero-order valence-corrected chi connectivity index (χ0v) is 17.9. The number of carboxylic acid groups (broad SMARTS) is 1. The van der Waals surface area contributed by atoms with E-state index in [1.807, 2.05) is 72.9 Å². The van der Waals surface area contributed by atoms with Crippen LogP contribution in [0.25, 0.3) is 22.2 Å². The van der Waals surface area contributed by atoms with Gasteiger partial charge in [0.25, 0.3) is 0 Å². The smallest absolute Gasteiger partial charge is 0.405 e. The first-order chi connectivity index (χ1) is 16.2. The Morgan fingerprint density at radius 3 is 2.39 bits per heavy atom. The maximum absolute atomic E-state index is 11.9. The molecule has 0 saturated carbocycles. The first kappa shape index (κ1) is 20.6. The third-order valence-corrected chi connectivity index (χ3v) is 5.98. The lowest BCUT2D eigenvalue weighted by Crippen LogP contribution is -2.33. The van der Waals surface area contributed by atoms with Crippen molar-refractivity contribution in [2.45, 2.75) is 18.4 Å². The number of para-hydroxylation sites is 1. The number of fused-ring (bicyclic) bond motifs is 1. The van der Waals surface area contributed by atoms with Crippen molar-refractivity contribution in [3.05, 3.63) is 114 Å². The molecule has 2 aromatic heterocycles. The largest absolute Gasteiger partial charge is 0.465 e. The van der Waals surface area contributed by atoms with Gasteiger partial charge < -0.3 is 20.4 Å². The van der Waals surface area contributed by atoms with E-state index >= 15 is 0 Å². The van der Waals surface area contributed by atoms with Crippen LogP contribution in [-0.4, -0.2) is 26.2 Å². The summed E-state index contributed by atoms with van der Waals surface area (Å²) in [6.45, 7) is 0. The van der Waals surface area contributed by atoms with Crippen molar-refractivity contribution in [1.82, 2.24) is 20.3 Å². The summed E-state index contributed by atoms with van der Waals surface area (Å²) < 4.78 is 0. The summed E-state index contributed by atoms with van der Waals surface area (Å²) in [5.74, 6) is 0.400. The van der Waals surface area contributed by atoms with E-state index in [9.17, 15) is 9.90 Å². The Morgan fingerprint density at radius 1 is 0.939 bits per heavy atom. The average Bonchev–Trinajstić information content (AvgIpc) is 3.50. The fourth-order valence-electron chi connectivity index (χ4n) is 4.43. The molecule has 2 heterocycles. The summed E-state index contributed by atoms with van der Waals surface area (Å²) in [7, 11) is 0. The predicted octanol–water partition coefficient (Wildman–Crippen LogP) is 5.89. The van der Waals surface area contributed by atoms with Gasteiger partial charge in [0, 0.05) is 23.0 Å². The Hall–Kier alpha value is -4.32. The van der Waals surface area contributed by atoms with Crippen LogP contribution in [0.3, 0.4) is 0 Å². The number of amides is 1. The lowest BCUT2D eigenvalue weighted by Gasteiger charge is -2.26. The number of nitrogens with zero attached hydrogens (tertiary/aromatic N) is 1. The lowest BCUT2D eigenvalue weighted by atomic mass is 9.85. The number of rotatable bonds is 7. The number of nitrogens with one attached hydrogen (secondary N) is 3. The summed E-state index contributed by atoms with van der Waals surface area (Å²) in [5, 5.41) is 13.6. The third-order valence-electron chi connectivity index (χ3n) is 5.98. The topological polar surface area (TPSA) is 93.8 Å². The van der Waals surface area contributed by atoms with E-state index in [-0.39, 0.29) is 5.92 Å². The summed E-state index contributed by atoms with van der Waals surface area (Å²) in [4.78, 5) is 23.2. The second kappa shape index (κ2) is 9.04. The van der Waals surface area contributed by atoms with Crippen molar-refractivity contribution >= 4 is 17.0 Å². The molecule has 0 fully saturated rings. The molecule has 164 valence electrons. The zero-order valence-electron chi connectivity index (χ0n) is 17.9. The molecule has 5 aromatic rings. The fourth-order valence-corrected chi connectivity index (χ4v) is 4.43. The molecular weight excluding hydrogens is 412 g/mol. The standard InChI is InChI=1S/C27H24N4O2/c32-27(33)31-25(26-29-17-24(30-26)19-11-5-2-6-12-19)21(15-18-9-3-1-4-10-18)22-16-28-23-14-8-7-13-20(22)23/h1-14,16-17,21,25,28,31H,15H2,(H,29,30)(H,32,33)/t21?,25-/m1/s1. The summed E-state index contributed by atoms with van der Waals surface area (Å²) in [6.07, 6.45) is 3.30. The fraction of sp³-hybridized carbons (Fsp3) is 0.111. The molecule has 0 radical (unpaired) electrons. The van der Waals surface area contributed by atoms with E-state index in [1.165, 1.54) is 0 Å². The van der Waals surface area contributed by atoms with Gasteiger partial charge in [-0.05, 0) is 29.2 Å². The van der Waals surface area contributed by atoms with E-state index < -0.39 is 12.1 Å². The van der Waals surface area contributed by atoms with Gasteiger partial charge >= 0.3 is 6.09 Å². The number of hydrogen-bond acceptors (Lipinski definition) is 2. The third kappa shape index (κ3) is 4.36. The van der Waals surface area contributed by atoms with Gasteiger partial charge in [-0.25, -0.2) is 9.78 Å². The van der Waals surface area contributed by atoms with Gasteiger partial charge in [-0.1, -0.05) is 78.9 Å². The van der Waals surface area contributed by atoms with E-state index in [0.29, 0.717) is 12.2 Å². The second-order valence-corrected chi connectivity index (χ2v) is 8.06. The highest BCUT2D eigenvalue weighted by Gasteiger charge is 2.31. The van der Waals surface area contributed by atoms with Crippen LogP contribution in [0.1, 0.15) is 28.9 Å². The van der Waals surface area contributed by atoms with Gasteiger partial charge in [-0.3, -0.25) is 0 Å². The van der Waals surface area contributed by atoms with Gasteiger partial charge in [-0.15, -0.1) is 0 Å². The molecule has 6 heteroatoms. The van der Waals surface area contributed by atoms with Gasteiger partial charge in [0.15, 0.2) is 0 Å². The van der Waals surface area contributed by atoms with E-state index in [2.05, 4.69) is 38.5 Å². The van der Waals surface area contributed by atoms with Crippen LogP contribution >= 0.6 is 0 Å². The van der Waals surface area contributed by atoms with Crippen LogP contribution < -0.4 is 5.32 Å². The van der Waals surface area contributed by atoms with Crippen molar-refractivity contribution in [3.8, 4) is 11.3 Å². The van der Waals surface area contributed by atoms with E-state index in [0.717, 1.165) is 33.3 Å². The zero-order chi connectivity index (χ0) is 22.6. The number of benzene rings is 3. The lowest BCUT2D eigenvalue weighted by molar-refractivity contribution is 0.187. The summed E-state index contributed by atoms with van der Waals surface area (Å²) in [5.41, 5.74) is 5.03. The van der Waals surface area contributed by atoms with Crippen molar-refractivity contribution in [1.29, 1.82) is 0 Å². The molecule has 33 heavy (non-hydrogen) atoms. The molecule has 4 N–H and O–H groups in total. The van der Waals surface area contributed by atoms with Gasteiger partial charge in [0.2, 0.25) is 0 Å².